The molecule has 0 aliphatic rings. The van der Waals surface area contributed by atoms with Gasteiger partial charge in [0.25, 0.3) is 5.91 Å². The fraction of sp³-hybridized carbons (Fsp3) is 0. The minimum atomic E-state index is -0.361. The average molecular weight is 397 g/mol. The van der Waals surface area contributed by atoms with E-state index in [-0.39, 0.29) is 17.4 Å². The van der Waals surface area contributed by atoms with Gasteiger partial charge in [0, 0.05) is 17.6 Å². The van der Waals surface area contributed by atoms with Gasteiger partial charge in [-0.2, -0.15) is 5.10 Å². The number of amides is 1. The van der Waals surface area contributed by atoms with E-state index in [2.05, 4.69) is 15.4 Å². The first-order chi connectivity index (χ1) is 14.7. The number of nitrogens with one attached hydrogen (secondary N) is 1. The van der Waals surface area contributed by atoms with Gasteiger partial charge in [0.05, 0.1) is 16.7 Å². The van der Waals surface area contributed by atoms with Crippen molar-refractivity contribution in [3.05, 3.63) is 103 Å². The third-order valence-electron chi connectivity index (χ3n) is 4.75. The Morgan fingerprint density at radius 3 is 2.57 bits per heavy atom. The number of hydrogen-bond donors (Lipinski definition) is 1. The highest BCUT2D eigenvalue weighted by Gasteiger charge is 2.11. The van der Waals surface area contributed by atoms with Crippen LogP contribution in [0.3, 0.4) is 0 Å². The van der Waals surface area contributed by atoms with Crippen molar-refractivity contribution in [2.75, 3.05) is 5.32 Å². The molecule has 6 nitrogen and oxygen atoms in total. The van der Waals surface area contributed by atoms with E-state index in [1.807, 2.05) is 53.1 Å². The van der Waals surface area contributed by atoms with Crippen LogP contribution in [0.5, 0.6) is 0 Å². The van der Waals surface area contributed by atoms with Crippen LogP contribution in [0, 0.1) is 5.82 Å². The number of imidazole rings is 1. The van der Waals surface area contributed by atoms with E-state index in [0.29, 0.717) is 11.4 Å². The van der Waals surface area contributed by atoms with Crippen LogP contribution >= 0.6 is 0 Å². The van der Waals surface area contributed by atoms with Crippen LogP contribution in [-0.2, 0) is 0 Å². The maximum absolute atomic E-state index is 13.4. The maximum atomic E-state index is 13.4. The SMILES string of the molecule is O=C(Nc1ccc(-n2cnc3ccccc32)cc1)c1ccn(-c2cccc(F)c2)n1. The highest BCUT2D eigenvalue weighted by Crippen LogP contribution is 2.20. The zero-order valence-corrected chi connectivity index (χ0v) is 15.7. The second-order valence-corrected chi connectivity index (χ2v) is 6.73. The Hall–Kier alpha value is -4.26. The number of carbonyl (C=O) groups is 1. The molecule has 0 unspecified atom stereocenters. The lowest BCUT2D eigenvalue weighted by Gasteiger charge is -2.07. The van der Waals surface area contributed by atoms with Gasteiger partial charge in [-0.05, 0) is 60.7 Å². The Kier molecular flexibility index (Phi) is 4.33. The first-order valence-electron chi connectivity index (χ1n) is 9.33. The maximum Gasteiger partial charge on any atom is 0.276 e. The standard InChI is InChI=1S/C23H16FN5O/c24-16-4-3-5-19(14-16)29-13-12-21(27-29)23(30)26-17-8-10-18(11-9-17)28-15-25-20-6-1-2-7-22(20)28/h1-15H,(H,26,30). The number of para-hydroxylation sites is 2. The number of carbonyl (C=O) groups excluding carboxylic acids is 1. The number of aromatic nitrogens is 4. The molecule has 0 spiro atoms. The predicted octanol–water partition coefficient (Wildman–Crippen LogP) is 4.60. The van der Waals surface area contributed by atoms with Crippen molar-refractivity contribution in [2.45, 2.75) is 0 Å². The van der Waals surface area contributed by atoms with Crippen molar-refractivity contribution in [1.29, 1.82) is 0 Å². The summed E-state index contributed by atoms with van der Waals surface area (Å²) in [6, 6.07) is 23.0. The molecule has 0 saturated carbocycles. The van der Waals surface area contributed by atoms with Crippen LogP contribution in [0.2, 0.25) is 0 Å². The van der Waals surface area contributed by atoms with Crippen LogP contribution in [-0.4, -0.2) is 25.2 Å². The van der Waals surface area contributed by atoms with Gasteiger partial charge in [-0.3, -0.25) is 9.36 Å². The number of fused-ring (bicyclic) bond motifs is 1. The number of benzene rings is 3. The fourth-order valence-electron chi connectivity index (χ4n) is 3.27. The van der Waals surface area contributed by atoms with Crippen LogP contribution in [0.15, 0.2) is 91.4 Å². The van der Waals surface area contributed by atoms with Crippen molar-refractivity contribution in [1.82, 2.24) is 19.3 Å². The molecule has 0 saturated heterocycles. The van der Waals surface area contributed by atoms with E-state index in [1.165, 1.54) is 16.8 Å². The van der Waals surface area contributed by atoms with Crippen molar-refractivity contribution in [3.63, 3.8) is 0 Å². The molecule has 0 aliphatic heterocycles. The quantitative estimate of drug-likeness (QED) is 0.482. The fourth-order valence-corrected chi connectivity index (χ4v) is 3.27. The number of anilines is 1. The molecule has 0 atom stereocenters. The zero-order valence-electron chi connectivity index (χ0n) is 15.7. The summed E-state index contributed by atoms with van der Waals surface area (Å²) in [4.78, 5) is 16.9. The minimum absolute atomic E-state index is 0.240. The van der Waals surface area contributed by atoms with Crippen molar-refractivity contribution in [3.8, 4) is 11.4 Å². The van der Waals surface area contributed by atoms with E-state index in [9.17, 15) is 9.18 Å². The lowest BCUT2D eigenvalue weighted by molar-refractivity contribution is 0.102. The van der Waals surface area contributed by atoms with Crippen LogP contribution in [0.4, 0.5) is 10.1 Å². The molecule has 146 valence electrons. The Labute approximate surface area is 171 Å². The topological polar surface area (TPSA) is 64.7 Å². The van der Waals surface area contributed by atoms with Gasteiger partial charge in [-0.15, -0.1) is 0 Å². The average Bonchev–Trinajstić information content (AvgIpc) is 3.42. The van der Waals surface area contributed by atoms with E-state index in [1.54, 1.807) is 30.7 Å². The number of halogens is 1. The summed E-state index contributed by atoms with van der Waals surface area (Å²) in [6.45, 7) is 0. The molecule has 1 N–H and O–H groups in total. The Morgan fingerprint density at radius 2 is 1.73 bits per heavy atom. The lowest BCUT2D eigenvalue weighted by atomic mass is 10.2. The van der Waals surface area contributed by atoms with E-state index >= 15 is 0 Å². The normalized spacial score (nSPS) is 11.0. The van der Waals surface area contributed by atoms with E-state index in [4.69, 9.17) is 0 Å². The first kappa shape index (κ1) is 17.8. The van der Waals surface area contributed by atoms with Gasteiger partial charge < -0.3 is 5.32 Å². The molecule has 3 aromatic carbocycles. The molecule has 30 heavy (non-hydrogen) atoms. The summed E-state index contributed by atoms with van der Waals surface area (Å²) in [5.74, 6) is -0.703. The van der Waals surface area contributed by atoms with E-state index < -0.39 is 0 Å². The van der Waals surface area contributed by atoms with Crippen LogP contribution < -0.4 is 5.32 Å². The summed E-state index contributed by atoms with van der Waals surface area (Å²) < 4.78 is 16.9. The van der Waals surface area contributed by atoms with Crippen molar-refractivity contribution >= 4 is 22.6 Å². The number of rotatable bonds is 4. The lowest BCUT2D eigenvalue weighted by Crippen LogP contribution is -2.13. The molecule has 0 radical (unpaired) electrons. The summed E-state index contributed by atoms with van der Waals surface area (Å²) >= 11 is 0. The molecule has 5 aromatic rings. The number of nitrogens with zero attached hydrogens (tertiary/aromatic N) is 4. The van der Waals surface area contributed by atoms with Gasteiger partial charge >= 0.3 is 0 Å². The monoisotopic (exact) mass is 397 g/mol. The molecular formula is C23H16FN5O. The van der Waals surface area contributed by atoms with Crippen molar-refractivity contribution < 1.29 is 9.18 Å². The number of hydrogen-bond acceptors (Lipinski definition) is 3. The molecule has 2 heterocycles. The third-order valence-corrected chi connectivity index (χ3v) is 4.75. The molecule has 5 rings (SSSR count). The van der Waals surface area contributed by atoms with Gasteiger partial charge in [-0.1, -0.05) is 18.2 Å². The Bertz CT molecular complexity index is 1350. The summed E-state index contributed by atoms with van der Waals surface area (Å²) in [5.41, 5.74) is 4.31. The Balaban J connectivity index is 1.33. The van der Waals surface area contributed by atoms with E-state index in [0.717, 1.165) is 16.7 Å². The second-order valence-electron chi connectivity index (χ2n) is 6.73. The molecule has 1 amide bonds. The van der Waals surface area contributed by atoms with Gasteiger partial charge in [-0.25, -0.2) is 14.1 Å². The highest BCUT2D eigenvalue weighted by molar-refractivity contribution is 6.02. The second kappa shape index (κ2) is 7.29. The Morgan fingerprint density at radius 1 is 0.900 bits per heavy atom. The molecule has 0 bridgehead atoms. The molecule has 2 aromatic heterocycles. The zero-order chi connectivity index (χ0) is 20.5. The largest absolute Gasteiger partial charge is 0.321 e. The summed E-state index contributed by atoms with van der Waals surface area (Å²) in [7, 11) is 0. The molecule has 7 heteroatoms. The first-order valence-corrected chi connectivity index (χ1v) is 9.33. The van der Waals surface area contributed by atoms with Gasteiger partial charge in [0.2, 0.25) is 0 Å². The van der Waals surface area contributed by atoms with Crippen LogP contribution in [0.1, 0.15) is 10.5 Å². The smallest absolute Gasteiger partial charge is 0.276 e. The third kappa shape index (κ3) is 3.33. The minimum Gasteiger partial charge on any atom is -0.321 e. The summed E-state index contributed by atoms with van der Waals surface area (Å²) in [6.07, 6.45) is 3.40. The molecule has 0 aliphatic carbocycles. The predicted molar refractivity (Wildman–Crippen MR) is 113 cm³/mol. The highest BCUT2D eigenvalue weighted by atomic mass is 19.1. The van der Waals surface area contributed by atoms with Crippen LogP contribution in [0.25, 0.3) is 22.4 Å². The molecular weight excluding hydrogens is 381 g/mol. The van der Waals surface area contributed by atoms with Gasteiger partial charge in [0.15, 0.2) is 5.69 Å². The van der Waals surface area contributed by atoms with Gasteiger partial charge in [0.1, 0.15) is 12.1 Å². The van der Waals surface area contributed by atoms with Crippen molar-refractivity contribution in [2.24, 2.45) is 0 Å². The summed E-state index contributed by atoms with van der Waals surface area (Å²) in [5, 5.41) is 7.07. The molecule has 0 fully saturated rings.